The largest absolute Gasteiger partial charge is 0.493 e. The summed E-state index contributed by atoms with van der Waals surface area (Å²) in [6.45, 7) is 0.289. The van der Waals surface area contributed by atoms with Crippen molar-refractivity contribution in [3.63, 3.8) is 0 Å². The van der Waals surface area contributed by atoms with Crippen LogP contribution in [-0.2, 0) is 14.6 Å². The van der Waals surface area contributed by atoms with Gasteiger partial charge in [-0.2, -0.15) is 0 Å². The molecule has 0 radical (unpaired) electrons. The molecule has 1 aromatic carbocycles. The van der Waals surface area contributed by atoms with Gasteiger partial charge in [0.2, 0.25) is 0 Å². The van der Waals surface area contributed by atoms with Crippen molar-refractivity contribution >= 4 is 15.6 Å². The first-order valence-corrected chi connectivity index (χ1v) is 9.64. The zero-order valence-corrected chi connectivity index (χ0v) is 14.1. The van der Waals surface area contributed by atoms with Crippen LogP contribution < -0.4 is 9.47 Å². The highest BCUT2D eigenvalue weighted by atomic mass is 32.2. The number of para-hydroxylation sites is 2. The van der Waals surface area contributed by atoms with Crippen molar-refractivity contribution in [2.24, 2.45) is 5.92 Å². The van der Waals surface area contributed by atoms with Gasteiger partial charge in [0.25, 0.3) is 0 Å². The maximum atomic E-state index is 12.4. The molecule has 2 atom stereocenters. The van der Waals surface area contributed by atoms with Crippen molar-refractivity contribution in [3.8, 4) is 11.5 Å². The summed E-state index contributed by atoms with van der Waals surface area (Å²) in [5.74, 6) is 1.25. The molecule has 6 heteroatoms. The van der Waals surface area contributed by atoms with E-state index in [1.54, 1.807) is 19.2 Å². The highest BCUT2D eigenvalue weighted by molar-refractivity contribution is 7.93. The van der Waals surface area contributed by atoms with Gasteiger partial charge in [0.05, 0.1) is 24.2 Å². The predicted octanol–water partition coefficient (Wildman–Crippen LogP) is 2.39. The van der Waals surface area contributed by atoms with E-state index in [0.29, 0.717) is 43.6 Å². The number of methoxy groups -OCH3 is 1. The number of rotatable bonds is 6. The van der Waals surface area contributed by atoms with Gasteiger partial charge in [-0.15, -0.1) is 0 Å². The molecule has 2 saturated heterocycles. The van der Waals surface area contributed by atoms with E-state index >= 15 is 0 Å². The molecule has 2 aliphatic heterocycles. The molecule has 2 fully saturated rings. The fraction of sp³-hybridized carbons (Fsp3) is 0.588. The number of ether oxygens (including phenoxy) is 2. The molecule has 0 amide bonds. The van der Waals surface area contributed by atoms with E-state index in [0.717, 1.165) is 0 Å². The lowest BCUT2D eigenvalue weighted by atomic mass is 9.93. The van der Waals surface area contributed by atoms with Crippen LogP contribution in [0.2, 0.25) is 0 Å². The van der Waals surface area contributed by atoms with E-state index in [1.165, 1.54) is 0 Å². The monoisotopic (exact) mass is 338 g/mol. The lowest BCUT2D eigenvalue weighted by Gasteiger charge is -2.26. The van der Waals surface area contributed by atoms with Crippen LogP contribution in [0.15, 0.2) is 24.3 Å². The summed E-state index contributed by atoms with van der Waals surface area (Å²) in [5, 5.41) is -0.601. The summed E-state index contributed by atoms with van der Waals surface area (Å²) >= 11 is 0. The Bertz CT molecular complexity index is 662. The second-order valence-corrected chi connectivity index (χ2v) is 8.81. The minimum Gasteiger partial charge on any atom is -0.493 e. The summed E-state index contributed by atoms with van der Waals surface area (Å²) in [4.78, 5) is 12.4. The van der Waals surface area contributed by atoms with E-state index in [9.17, 15) is 13.2 Å². The lowest BCUT2D eigenvalue weighted by Crippen LogP contribution is -2.36. The van der Waals surface area contributed by atoms with Crippen molar-refractivity contribution in [2.45, 2.75) is 42.6 Å². The number of sulfone groups is 1. The molecule has 2 bridgehead atoms. The Morgan fingerprint density at radius 3 is 2.35 bits per heavy atom. The Hall–Kier alpha value is -1.56. The van der Waals surface area contributed by atoms with Crippen LogP contribution in [0, 0.1) is 5.92 Å². The van der Waals surface area contributed by atoms with E-state index in [2.05, 4.69) is 0 Å². The molecular weight excluding hydrogens is 316 g/mol. The molecule has 0 saturated carbocycles. The summed E-state index contributed by atoms with van der Waals surface area (Å²) in [6, 6.07) is 7.32. The Morgan fingerprint density at radius 2 is 1.74 bits per heavy atom. The smallest absolute Gasteiger partial charge is 0.161 e. The Labute approximate surface area is 136 Å². The summed E-state index contributed by atoms with van der Waals surface area (Å²) in [5.41, 5.74) is 0. The number of hydrogen-bond acceptors (Lipinski definition) is 5. The molecule has 0 aromatic heterocycles. The molecule has 1 aromatic rings. The van der Waals surface area contributed by atoms with Gasteiger partial charge in [0, 0.05) is 12.3 Å². The third-order valence-electron chi connectivity index (χ3n) is 4.97. The van der Waals surface area contributed by atoms with Crippen LogP contribution in [0.25, 0.3) is 0 Å². The SMILES string of the molecule is COc1ccccc1OCCC(=O)C1CC2CCC(C1)S2(=O)=O. The molecule has 0 spiro atoms. The fourth-order valence-corrected chi connectivity index (χ4v) is 6.15. The summed E-state index contributed by atoms with van der Waals surface area (Å²) in [6.07, 6.45) is 2.73. The molecule has 2 aliphatic rings. The fourth-order valence-electron chi connectivity index (χ4n) is 3.67. The van der Waals surface area contributed by atoms with Crippen LogP contribution in [0.3, 0.4) is 0 Å². The molecule has 0 N–H and O–H groups in total. The molecule has 23 heavy (non-hydrogen) atoms. The van der Waals surface area contributed by atoms with Gasteiger partial charge >= 0.3 is 0 Å². The van der Waals surface area contributed by atoms with Gasteiger partial charge in [-0.25, -0.2) is 8.42 Å². The number of carbonyl (C=O) groups excluding carboxylic acids is 1. The van der Waals surface area contributed by atoms with E-state index in [-0.39, 0.29) is 28.8 Å². The standard InChI is InChI=1S/C17H22O5S/c1-21-16-4-2-3-5-17(16)22-9-8-15(18)12-10-13-6-7-14(11-12)23(13,19)20/h2-5,12-14H,6-11H2,1H3. The first-order chi connectivity index (χ1) is 11.0. The van der Waals surface area contributed by atoms with Gasteiger partial charge in [0.15, 0.2) is 21.3 Å². The topological polar surface area (TPSA) is 69.7 Å². The number of ketones is 1. The van der Waals surface area contributed by atoms with E-state index in [1.807, 2.05) is 12.1 Å². The number of Topliss-reactive ketones (excluding diaryl/α,β-unsaturated/α-hetero) is 1. The molecule has 2 unspecified atom stereocenters. The average molecular weight is 338 g/mol. The van der Waals surface area contributed by atoms with Gasteiger partial charge in [-0.1, -0.05) is 12.1 Å². The normalized spacial score (nSPS) is 28.3. The quantitative estimate of drug-likeness (QED) is 0.796. The second kappa shape index (κ2) is 6.51. The first-order valence-electron chi connectivity index (χ1n) is 8.03. The first kappa shape index (κ1) is 16.3. The van der Waals surface area contributed by atoms with Crippen molar-refractivity contribution < 1.29 is 22.7 Å². The molecule has 3 rings (SSSR count). The number of hydrogen-bond donors (Lipinski definition) is 0. The molecule has 5 nitrogen and oxygen atoms in total. The van der Waals surface area contributed by atoms with Crippen LogP contribution in [0.5, 0.6) is 11.5 Å². The number of benzene rings is 1. The Kier molecular flexibility index (Phi) is 4.62. The lowest BCUT2D eigenvalue weighted by molar-refractivity contribution is -0.123. The maximum absolute atomic E-state index is 12.4. The Balaban J connectivity index is 1.53. The minimum absolute atomic E-state index is 0.117. The Morgan fingerprint density at radius 1 is 1.13 bits per heavy atom. The van der Waals surface area contributed by atoms with Crippen molar-refractivity contribution in [2.75, 3.05) is 13.7 Å². The van der Waals surface area contributed by atoms with Gasteiger partial charge < -0.3 is 9.47 Å². The van der Waals surface area contributed by atoms with Crippen LogP contribution in [-0.4, -0.2) is 38.4 Å². The van der Waals surface area contributed by atoms with E-state index in [4.69, 9.17) is 9.47 Å². The van der Waals surface area contributed by atoms with Crippen molar-refractivity contribution in [1.29, 1.82) is 0 Å². The number of fused-ring (bicyclic) bond motifs is 2. The maximum Gasteiger partial charge on any atom is 0.161 e. The highest BCUT2D eigenvalue weighted by Gasteiger charge is 2.48. The third-order valence-corrected chi connectivity index (χ3v) is 7.68. The van der Waals surface area contributed by atoms with Crippen LogP contribution in [0.1, 0.15) is 32.1 Å². The third kappa shape index (κ3) is 3.22. The molecule has 2 heterocycles. The molecular formula is C17H22O5S. The van der Waals surface area contributed by atoms with Crippen LogP contribution in [0.4, 0.5) is 0 Å². The van der Waals surface area contributed by atoms with Gasteiger partial charge in [-0.3, -0.25) is 4.79 Å². The van der Waals surface area contributed by atoms with Gasteiger partial charge in [0.1, 0.15) is 5.78 Å². The van der Waals surface area contributed by atoms with Crippen molar-refractivity contribution in [1.82, 2.24) is 0 Å². The van der Waals surface area contributed by atoms with E-state index < -0.39 is 9.84 Å². The van der Waals surface area contributed by atoms with Crippen LogP contribution >= 0.6 is 0 Å². The second-order valence-electron chi connectivity index (χ2n) is 6.29. The summed E-state index contributed by atoms with van der Waals surface area (Å²) in [7, 11) is -1.39. The summed E-state index contributed by atoms with van der Waals surface area (Å²) < 4.78 is 35.0. The highest BCUT2D eigenvalue weighted by Crippen LogP contribution is 2.41. The predicted molar refractivity (Wildman–Crippen MR) is 86.6 cm³/mol. The minimum atomic E-state index is -2.97. The molecule has 0 aliphatic carbocycles. The number of carbonyl (C=O) groups is 1. The zero-order valence-electron chi connectivity index (χ0n) is 13.2. The zero-order chi connectivity index (χ0) is 16.4. The van der Waals surface area contributed by atoms with Gasteiger partial charge in [-0.05, 0) is 37.8 Å². The average Bonchev–Trinajstić information content (AvgIpc) is 2.72. The van der Waals surface area contributed by atoms with Crippen molar-refractivity contribution in [3.05, 3.63) is 24.3 Å². The molecule has 126 valence electrons.